The predicted octanol–water partition coefficient (Wildman–Crippen LogP) is 7.16. The molecule has 22 nitrogen and oxygen atoms in total. The molecule has 0 spiro atoms. The Labute approximate surface area is 463 Å². The van der Waals surface area contributed by atoms with Crippen LogP contribution in [0.1, 0.15) is 62.1 Å². The molecule has 2 aliphatic rings. The first-order valence-corrected chi connectivity index (χ1v) is 31.0. The van der Waals surface area contributed by atoms with E-state index >= 15 is 0 Å². The quantitative estimate of drug-likeness (QED) is 0.00688. The van der Waals surface area contributed by atoms with E-state index in [1.54, 1.807) is 43.1 Å². The fraction of sp³-hybridized carbons (Fsp3) is 0.540. The number of benzene rings is 2. The number of H-pyrrole nitrogens is 1. The summed E-state index contributed by atoms with van der Waals surface area (Å²) in [6, 6.07) is 16.4. The number of nitrogens with one attached hydrogen (secondary N) is 4. The van der Waals surface area contributed by atoms with Gasteiger partial charge in [0.1, 0.15) is 31.2 Å². The average molecular weight is 1170 g/mol. The lowest BCUT2D eigenvalue weighted by atomic mass is 9.98. The third kappa shape index (κ3) is 20.8. The molecule has 0 bridgehead atoms. The second kappa shape index (κ2) is 33.0. The van der Waals surface area contributed by atoms with E-state index in [2.05, 4.69) is 75.9 Å². The van der Waals surface area contributed by atoms with Crippen molar-refractivity contribution in [2.24, 2.45) is 0 Å². The molecule has 0 saturated carbocycles. The second-order valence-electron chi connectivity index (χ2n) is 17.8. The number of amides is 3. The Bertz CT molecular complexity index is 2630. The second-order valence-corrected chi connectivity index (χ2v) is 24.0. The number of unbranched alkanes of at least 4 members (excludes halogenated alkanes) is 1. The summed E-state index contributed by atoms with van der Waals surface area (Å²) in [5.74, 6) is 6.56. The van der Waals surface area contributed by atoms with Gasteiger partial charge >= 0.3 is 26.5 Å². The van der Waals surface area contributed by atoms with Crippen molar-refractivity contribution in [3.05, 3.63) is 81.8 Å². The first-order valence-electron chi connectivity index (χ1n) is 24.8. The third-order valence-corrected chi connectivity index (χ3v) is 16.6. The number of nitrogen functional groups attached to an aromatic ring is 1. The van der Waals surface area contributed by atoms with Crippen LogP contribution in [0.25, 0.3) is 22.2 Å². The zero-order valence-electron chi connectivity index (χ0n) is 43.2. The van der Waals surface area contributed by atoms with E-state index in [1.165, 1.54) is 21.9 Å². The molecular formula is C50H67N7O15PS4+. The molecule has 27 heteroatoms. The van der Waals surface area contributed by atoms with Gasteiger partial charge in [0, 0.05) is 47.5 Å². The molecule has 7 N–H and O–H groups in total. The maximum atomic E-state index is 13.0. The maximum Gasteiger partial charge on any atom is 0.694 e. The number of aromatic amines is 1. The molecule has 6 rings (SSSR count). The monoisotopic (exact) mass is 1160 g/mol. The minimum atomic E-state index is -2.81. The predicted molar refractivity (Wildman–Crippen MR) is 299 cm³/mol. The molecule has 3 heterocycles. The average Bonchev–Trinajstić information content (AvgIpc) is 4.13. The van der Waals surface area contributed by atoms with Gasteiger partial charge in [0.25, 0.3) is 5.56 Å². The van der Waals surface area contributed by atoms with Crippen LogP contribution in [0.3, 0.4) is 0 Å². The van der Waals surface area contributed by atoms with Crippen molar-refractivity contribution >= 4 is 86.7 Å². The molecule has 77 heavy (non-hydrogen) atoms. The van der Waals surface area contributed by atoms with Crippen molar-refractivity contribution in [2.75, 3.05) is 103 Å². The van der Waals surface area contributed by atoms with Gasteiger partial charge in [-0.1, -0.05) is 104 Å². The summed E-state index contributed by atoms with van der Waals surface area (Å²) in [5, 5.41) is 8.21. The Kier molecular flexibility index (Phi) is 26.3. The largest absolute Gasteiger partial charge is 0.694 e. The van der Waals surface area contributed by atoms with E-state index in [4.69, 9.17) is 53.0 Å². The number of hydrogen-bond acceptors (Lipinski definition) is 20. The fourth-order valence-electron chi connectivity index (χ4n) is 8.16. The van der Waals surface area contributed by atoms with Crippen LogP contribution >= 0.6 is 51.4 Å². The van der Waals surface area contributed by atoms with Crippen LogP contribution in [0.2, 0.25) is 0 Å². The van der Waals surface area contributed by atoms with Crippen LogP contribution in [-0.4, -0.2) is 158 Å². The van der Waals surface area contributed by atoms with Gasteiger partial charge in [-0.15, -0.1) is 9.42 Å². The summed E-state index contributed by atoms with van der Waals surface area (Å²) < 4.78 is 62.7. The van der Waals surface area contributed by atoms with Crippen LogP contribution in [-0.2, 0) is 53.5 Å². The van der Waals surface area contributed by atoms with Gasteiger partial charge in [0.05, 0.1) is 75.9 Å². The van der Waals surface area contributed by atoms with Gasteiger partial charge in [0.2, 0.25) is 5.95 Å². The lowest BCUT2D eigenvalue weighted by molar-refractivity contribution is -0.0345. The maximum absolute atomic E-state index is 13.0. The Balaban J connectivity index is 0.732. The van der Waals surface area contributed by atoms with Crippen molar-refractivity contribution in [3.63, 3.8) is 0 Å². The summed E-state index contributed by atoms with van der Waals surface area (Å²) in [6.45, 7) is 7.23. The van der Waals surface area contributed by atoms with E-state index in [1.807, 2.05) is 30.5 Å². The highest BCUT2D eigenvalue weighted by Gasteiger charge is 2.39. The molecule has 420 valence electrons. The van der Waals surface area contributed by atoms with Gasteiger partial charge in [0.15, 0.2) is 5.65 Å². The molecule has 1 aliphatic carbocycles. The smallest absolute Gasteiger partial charge is 0.450 e. The molecule has 4 aromatic rings. The number of carbonyl (C=O) groups excluding carboxylic acids is 3. The summed E-state index contributed by atoms with van der Waals surface area (Å²) in [7, 11) is 3.45. The van der Waals surface area contributed by atoms with Crippen molar-refractivity contribution < 1.29 is 66.3 Å². The van der Waals surface area contributed by atoms with Crippen LogP contribution in [0.4, 0.5) is 20.3 Å². The standard InChI is InChI=1S/C50H66N7O15PS4/c1-50(2,16-22-68-48(60)53-18-23-64-25-26-65-24-19-54-49(61)69-30-40-38-14-6-4-12-36(38)37-13-5-7-15-39(37)40)77-76-32-66-20-8-9-21-67-47(59)52-17-10-11-34-28-57(44-43(34)45(58)56-46(51)55-44)29-35-27-41(70-33-75-74-3)42(72-35)31-71-73(62)63/h4-7,12-15,28,35,40-42H,8-9,16-27,29-33H2,1-3H3,(H6-,51,52,53,54,55,56,58,59,60,61,62,63)/p+1/t35-,41?,42-/m1/s1. The number of carbonyl (C=O) groups is 3. The number of nitrogens with zero attached hydrogens (tertiary/aromatic N) is 2. The van der Waals surface area contributed by atoms with Crippen molar-refractivity contribution in [3.8, 4) is 23.0 Å². The minimum absolute atomic E-state index is 0.00176. The molecule has 4 atom stereocenters. The van der Waals surface area contributed by atoms with Crippen molar-refractivity contribution in [1.82, 2.24) is 30.5 Å². The summed E-state index contributed by atoms with van der Waals surface area (Å²) in [6.07, 6.45) is 2.94. The number of ether oxygens (including phenoxy) is 8. The minimum Gasteiger partial charge on any atom is -0.450 e. The zero-order valence-corrected chi connectivity index (χ0v) is 47.3. The van der Waals surface area contributed by atoms with Gasteiger partial charge in [-0.3, -0.25) is 9.78 Å². The number of rotatable bonds is 33. The van der Waals surface area contributed by atoms with E-state index in [-0.39, 0.29) is 74.2 Å². The van der Waals surface area contributed by atoms with E-state index in [0.29, 0.717) is 88.4 Å². The highest BCUT2D eigenvalue weighted by Crippen LogP contribution is 2.44. The molecule has 1 saturated heterocycles. The Morgan fingerprint density at radius 3 is 2.23 bits per heavy atom. The van der Waals surface area contributed by atoms with Crippen LogP contribution < -0.4 is 27.2 Å². The Hall–Kier alpha value is -4.75. The summed E-state index contributed by atoms with van der Waals surface area (Å²) >= 11 is 0. The first kappa shape index (κ1) is 61.5. The van der Waals surface area contributed by atoms with Crippen LogP contribution in [0.5, 0.6) is 0 Å². The van der Waals surface area contributed by atoms with Gasteiger partial charge in [-0.2, -0.15) is 4.98 Å². The van der Waals surface area contributed by atoms with Crippen LogP contribution in [0.15, 0.2) is 59.5 Å². The molecule has 1 fully saturated rings. The fourth-order valence-corrected chi connectivity index (χ4v) is 11.5. The molecule has 0 radical (unpaired) electrons. The van der Waals surface area contributed by atoms with E-state index in [9.17, 15) is 23.7 Å². The zero-order chi connectivity index (χ0) is 54.8. The molecular weight excluding hydrogens is 1100 g/mol. The number of hydrogen-bond donors (Lipinski definition) is 6. The van der Waals surface area contributed by atoms with Crippen molar-refractivity contribution in [1.29, 1.82) is 0 Å². The van der Waals surface area contributed by atoms with Crippen LogP contribution in [0, 0.1) is 11.8 Å². The lowest BCUT2D eigenvalue weighted by Gasteiger charge is -2.22. The number of fused-ring (bicyclic) bond motifs is 4. The number of nitrogens with two attached hydrogens (primary N) is 1. The van der Waals surface area contributed by atoms with E-state index in [0.717, 1.165) is 11.1 Å². The Morgan fingerprint density at radius 2 is 1.53 bits per heavy atom. The highest BCUT2D eigenvalue weighted by molar-refractivity contribution is 8.77. The lowest BCUT2D eigenvalue weighted by Crippen LogP contribution is -2.30. The van der Waals surface area contributed by atoms with Gasteiger partial charge in [-0.05, 0) is 61.6 Å². The third-order valence-electron chi connectivity index (χ3n) is 11.8. The van der Waals surface area contributed by atoms with Gasteiger partial charge in [-0.25, -0.2) is 14.4 Å². The molecule has 2 aromatic carbocycles. The number of alkyl carbamates (subject to hydrolysis) is 3. The Morgan fingerprint density at radius 1 is 0.870 bits per heavy atom. The summed E-state index contributed by atoms with van der Waals surface area (Å²) in [5.41, 5.74) is 10.7. The normalized spacial score (nSPS) is 16.1. The molecule has 3 amide bonds. The molecule has 2 unspecified atom stereocenters. The highest BCUT2D eigenvalue weighted by atomic mass is 33.1. The number of aromatic nitrogens is 3. The number of anilines is 1. The van der Waals surface area contributed by atoms with E-state index < -0.39 is 44.3 Å². The SMILES string of the molecule is CSSCOC1C[C@H](Cn2cc(C#CCNC(=O)OCCCCOCSSC(C)(C)CCOC(=O)NCCOCCOCCNC(=O)OCC3c4ccccc4-c4ccccc43)c3c(=O)[nH]c(N)nc32)O[C@@H]1CO[P+](=O)O. The van der Waals surface area contributed by atoms with Crippen molar-refractivity contribution in [2.45, 2.75) is 75.1 Å². The first-order chi connectivity index (χ1) is 37.3. The topological polar surface area (TPSA) is 284 Å². The van der Waals surface area contributed by atoms with Gasteiger partial charge < -0.3 is 64.1 Å². The molecule has 1 aliphatic heterocycles. The summed E-state index contributed by atoms with van der Waals surface area (Å²) in [4.78, 5) is 65.8. The molecule has 2 aromatic heterocycles.